The predicted octanol–water partition coefficient (Wildman–Crippen LogP) is 5.64. The van der Waals surface area contributed by atoms with Gasteiger partial charge in [0, 0.05) is 22.1 Å². The highest BCUT2D eigenvalue weighted by atomic mass is 32.2. The van der Waals surface area contributed by atoms with E-state index in [9.17, 15) is 18.0 Å². The number of hydrogen-bond acceptors (Lipinski definition) is 4. The van der Waals surface area contributed by atoms with Crippen LogP contribution in [0.2, 0.25) is 0 Å². The number of amides is 1. The molecule has 0 saturated heterocycles. The number of rotatable bonds is 5. The third-order valence-corrected chi connectivity index (χ3v) is 5.27. The van der Waals surface area contributed by atoms with Gasteiger partial charge in [-0.25, -0.2) is 4.98 Å². The Balaban J connectivity index is 1.75. The first kappa shape index (κ1) is 19.6. The largest absolute Gasteiger partial charge is 0.435 e. The number of halogens is 3. The molecule has 0 spiro atoms. The molecule has 4 nitrogen and oxygen atoms in total. The molecule has 0 bridgehead atoms. The maximum Gasteiger partial charge on any atom is 0.416 e. The quantitative estimate of drug-likeness (QED) is 0.545. The third-order valence-electron chi connectivity index (χ3n) is 4.55. The van der Waals surface area contributed by atoms with Crippen LogP contribution in [0.25, 0.3) is 22.8 Å². The summed E-state index contributed by atoms with van der Waals surface area (Å²) in [4.78, 5) is 18.0. The molecule has 2 aromatic carbocycles. The van der Waals surface area contributed by atoms with E-state index in [1.807, 2.05) is 30.5 Å². The van der Waals surface area contributed by atoms with E-state index in [0.717, 1.165) is 29.9 Å². The van der Waals surface area contributed by atoms with Gasteiger partial charge in [-0.2, -0.15) is 13.2 Å². The lowest BCUT2D eigenvalue weighted by Crippen LogP contribution is -2.26. The van der Waals surface area contributed by atoms with Crippen molar-refractivity contribution in [2.75, 3.05) is 6.26 Å². The van der Waals surface area contributed by atoms with Gasteiger partial charge in [0.2, 0.25) is 5.89 Å². The molecule has 1 amide bonds. The first-order valence-electron chi connectivity index (χ1n) is 8.99. The van der Waals surface area contributed by atoms with E-state index in [0.29, 0.717) is 16.9 Å². The first-order chi connectivity index (χ1) is 13.8. The van der Waals surface area contributed by atoms with Gasteiger partial charge < -0.3 is 9.73 Å². The van der Waals surface area contributed by atoms with Gasteiger partial charge in [-0.15, -0.1) is 11.8 Å². The van der Waals surface area contributed by atoms with Crippen LogP contribution in [0.1, 0.15) is 28.9 Å². The topological polar surface area (TPSA) is 55.1 Å². The molecule has 0 radical (unpaired) electrons. The summed E-state index contributed by atoms with van der Waals surface area (Å²) in [6, 6.07) is 12.1. The number of nitrogens with one attached hydrogen (secondary N) is 1. The van der Waals surface area contributed by atoms with Crippen LogP contribution in [-0.2, 0) is 6.18 Å². The molecular weight excluding hydrogens is 401 g/mol. The molecule has 4 rings (SSSR count). The Kier molecular flexibility index (Phi) is 5.12. The fourth-order valence-electron chi connectivity index (χ4n) is 2.84. The second-order valence-electron chi connectivity index (χ2n) is 6.75. The molecule has 8 heteroatoms. The number of hydrogen-bond donors (Lipinski definition) is 1. The van der Waals surface area contributed by atoms with Crippen molar-refractivity contribution >= 4 is 17.7 Å². The Bertz CT molecular complexity index is 1040. The SMILES string of the molecule is CSc1cccc(-c2oc(-c3ccc(C(F)(F)F)cc3)nc2C(=O)NC2CC2)c1. The molecule has 1 aliphatic carbocycles. The molecule has 0 unspecified atom stereocenters. The van der Waals surface area contributed by atoms with Crippen LogP contribution in [0, 0.1) is 0 Å². The molecule has 0 atom stereocenters. The maximum absolute atomic E-state index is 12.8. The van der Waals surface area contributed by atoms with E-state index in [-0.39, 0.29) is 23.5 Å². The second kappa shape index (κ2) is 7.59. The van der Waals surface area contributed by atoms with Crippen molar-refractivity contribution in [2.24, 2.45) is 0 Å². The van der Waals surface area contributed by atoms with Gasteiger partial charge in [-0.1, -0.05) is 12.1 Å². The number of benzene rings is 2. The first-order valence-corrected chi connectivity index (χ1v) is 10.2. The fourth-order valence-corrected chi connectivity index (χ4v) is 3.30. The van der Waals surface area contributed by atoms with Gasteiger partial charge in [0.05, 0.1) is 5.56 Å². The molecule has 0 aliphatic heterocycles. The van der Waals surface area contributed by atoms with Crippen molar-refractivity contribution in [1.82, 2.24) is 10.3 Å². The number of oxazole rings is 1. The lowest BCUT2D eigenvalue weighted by atomic mass is 10.1. The molecule has 1 saturated carbocycles. The monoisotopic (exact) mass is 418 g/mol. The number of carbonyl (C=O) groups is 1. The summed E-state index contributed by atoms with van der Waals surface area (Å²) < 4.78 is 44.3. The molecule has 1 N–H and O–H groups in total. The van der Waals surface area contributed by atoms with Crippen molar-refractivity contribution in [1.29, 1.82) is 0 Å². The number of aromatic nitrogens is 1. The molecular formula is C21H17F3N2O2S. The van der Waals surface area contributed by atoms with Crippen LogP contribution < -0.4 is 5.32 Å². The van der Waals surface area contributed by atoms with Crippen LogP contribution in [-0.4, -0.2) is 23.2 Å². The third kappa shape index (κ3) is 4.32. The van der Waals surface area contributed by atoms with Crippen LogP contribution in [0.5, 0.6) is 0 Å². The number of carbonyl (C=O) groups excluding carboxylic acids is 1. The highest BCUT2D eigenvalue weighted by Crippen LogP contribution is 2.34. The summed E-state index contributed by atoms with van der Waals surface area (Å²) in [5, 5.41) is 2.89. The van der Waals surface area contributed by atoms with Crippen LogP contribution in [0.15, 0.2) is 57.8 Å². The lowest BCUT2D eigenvalue weighted by Gasteiger charge is -2.06. The minimum Gasteiger partial charge on any atom is -0.435 e. The summed E-state index contributed by atoms with van der Waals surface area (Å²) in [5.74, 6) is 0.0529. The van der Waals surface area contributed by atoms with Crippen LogP contribution in [0.3, 0.4) is 0 Å². The van der Waals surface area contributed by atoms with Crippen molar-refractivity contribution < 1.29 is 22.4 Å². The summed E-state index contributed by atoms with van der Waals surface area (Å²) >= 11 is 1.55. The predicted molar refractivity (Wildman–Crippen MR) is 105 cm³/mol. The van der Waals surface area contributed by atoms with Crippen molar-refractivity contribution in [3.63, 3.8) is 0 Å². The van der Waals surface area contributed by atoms with Gasteiger partial charge in [-0.05, 0) is 55.5 Å². The smallest absolute Gasteiger partial charge is 0.416 e. The maximum atomic E-state index is 12.8. The van der Waals surface area contributed by atoms with E-state index in [2.05, 4.69) is 10.3 Å². The Hall–Kier alpha value is -2.74. The Morgan fingerprint density at radius 1 is 1.14 bits per heavy atom. The second-order valence-corrected chi connectivity index (χ2v) is 7.63. The average Bonchev–Trinajstić information content (AvgIpc) is 3.41. The molecule has 1 fully saturated rings. The van der Waals surface area contributed by atoms with Crippen molar-refractivity contribution in [3.8, 4) is 22.8 Å². The average molecular weight is 418 g/mol. The zero-order chi connectivity index (χ0) is 20.6. The van der Waals surface area contributed by atoms with E-state index in [1.165, 1.54) is 12.1 Å². The van der Waals surface area contributed by atoms with E-state index in [1.54, 1.807) is 11.8 Å². The molecule has 1 aromatic heterocycles. The summed E-state index contributed by atoms with van der Waals surface area (Å²) in [5.41, 5.74) is 0.423. The van der Waals surface area contributed by atoms with E-state index < -0.39 is 11.7 Å². The highest BCUT2D eigenvalue weighted by molar-refractivity contribution is 7.98. The van der Waals surface area contributed by atoms with Gasteiger partial charge >= 0.3 is 6.18 Å². The minimum absolute atomic E-state index is 0.101. The van der Waals surface area contributed by atoms with Gasteiger partial charge in [0.15, 0.2) is 11.5 Å². The van der Waals surface area contributed by atoms with Gasteiger partial charge in [0.1, 0.15) is 0 Å². The molecule has 1 aliphatic rings. The summed E-state index contributed by atoms with van der Waals surface area (Å²) in [6.07, 6.45) is -0.638. The van der Waals surface area contributed by atoms with Gasteiger partial charge in [-0.3, -0.25) is 4.79 Å². The van der Waals surface area contributed by atoms with Crippen molar-refractivity contribution in [3.05, 3.63) is 59.8 Å². The molecule has 1 heterocycles. The normalized spacial score (nSPS) is 14.1. The van der Waals surface area contributed by atoms with Crippen LogP contribution >= 0.6 is 11.8 Å². The van der Waals surface area contributed by atoms with Crippen LogP contribution in [0.4, 0.5) is 13.2 Å². The zero-order valence-corrected chi connectivity index (χ0v) is 16.2. The Labute approximate surface area is 169 Å². The number of nitrogens with zero attached hydrogens (tertiary/aromatic N) is 1. The summed E-state index contributed by atoms with van der Waals surface area (Å²) in [6.45, 7) is 0. The molecule has 150 valence electrons. The van der Waals surface area contributed by atoms with Crippen molar-refractivity contribution in [2.45, 2.75) is 30.0 Å². The minimum atomic E-state index is -4.42. The lowest BCUT2D eigenvalue weighted by molar-refractivity contribution is -0.137. The molecule has 29 heavy (non-hydrogen) atoms. The number of alkyl halides is 3. The number of thioether (sulfide) groups is 1. The fraction of sp³-hybridized carbons (Fsp3) is 0.238. The molecule has 3 aromatic rings. The van der Waals surface area contributed by atoms with E-state index in [4.69, 9.17) is 4.42 Å². The zero-order valence-electron chi connectivity index (χ0n) is 15.4. The highest BCUT2D eigenvalue weighted by Gasteiger charge is 2.31. The Morgan fingerprint density at radius 2 is 1.86 bits per heavy atom. The van der Waals surface area contributed by atoms with E-state index >= 15 is 0 Å². The summed E-state index contributed by atoms with van der Waals surface area (Å²) in [7, 11) is 0. The van der Waals surface area contributed by atoms with Gasteiger partial charge in [0.25, 0.3) is 5.91 Å². The standard InChI is InChI=1S/C21H17F3N2O2S/c1-29-16-4-2-3-13(11-16)18-17(19(27)25-15-9-10-15)26-20(28-18)12-5-7-14(8-6-12)21(22,23)24/h2-8,11,15H,9-10H2,1H3,(H,25,27). The Morgan fingerprint density at radius 3 is 2.48 bits per heavy atom.